The minimum absolute atomic E-state index is 0.0250. The van der Waals surface area contributed by atoms with E-state index >= 15 is 0 Å². The van der Waals surface area contributed by atoms with E-state index in [-0.39, 0.29) is 16.5 Å². The summed E-state index contributed by atoms with van der Waals surface area (Å²) in [6.45, 7) is 4.79. The molecule has 3 aromatic carbocycles. The van der Waals surface area contributed by atoms with Crippen LogP contribution in [0.4, 0.5) is 5.13 Å². The Morgan fingerprint density at radius 3 is 2.40 bits per heavy atom. The topological polar surface area (TPSA) is 92.6 Å². The van der Waals surface area contributed by atoms with Crippen LogP contribution in [0.1, 0.15) is 54.5 Å². The van der Waals surface area contributed by atoms with Gasteiger partial charge in [-0.15, -0.1) is 10.2 Å². The number of ketones is 1. The van der Waals surface area contributed by atoms with Crippen LogP contribution < -0.4 is 9.64 Å². The number of aromatic nitrogens is 2. The molecule has 42 heavy (non-hydrogen) atoms. The van der Waals surface area contributed by atoms with Gasteiger partial charge in [0.25, 0.3) is 5.78 Å². The second-order valence-corrected chi connectivity index (χ2v) is 12.5. The van der Waals surface area contributed by atoms with Gasteiger partial charge in [-0.2, -0.15) is 0 Å². The molecule has 1 aromatic heterocycles. The number of anilines is 1. The van der Waals surface area contributed by atoms with Gasteiger partial charge in [0, 0.05) is 16.3 Å². The Labute approximate surface area is 258 Å². The first-order chi connectivity index (χ1) is 20.4. The zero-order valence-corrected chi connectivity index (χ0v) is 25.6. The van der Waals surface area contributed by atoms with E-state index in [0.29, 0.717) is 38.6 Å². The summed E-state index contributed by atoms with van der Waals surface area (Å²) in [5.74, 6) is -0.475. The molecule has 0 radical (unpaired) electrons. The third-order valence-electron chi connectivity index (χ3n) is 6.86. The normalized spacial score (nSPS) is 16.3. The first-order valence-corrected chi connectivity index (χ1v) is 15.8. The van der Waals surface area contributed by atoms with Crippen molar-refractivity contribution < 1.29 is 19.4 Å². The molecule has 0 spiro atoms. The van der Waals surface area contributed by atoms with E-state index in [1.165, 1.54) is 33.6 Å². The zero-order valence-electron chi connectivity index (χ0n) is 23.2. The van der Waals surface area contributed by atoms with Gasteiger partial charge in [-0.05, 0) is 60.9 Å². The average Bonchev–Trinajstić information content (AvgIpc) is 3.57. The lowest BCUT2D eigenvalue weighted by molar-refractivity contribution is -0.132. The molecule has 7 nitrogen and oxygen atoms in total. The van der Waals surface area contributed by atoms with Gasteiger partial charge in [-0.25, -0.2) is 0 Å². The fourth-order valence-corrected chi connectivity index (χ4v) is 6.53. The first-order valence-electron chi connectivity index (χ1n) is 13.7. The van der Waals surface area contributed by atoms with Crippen LogP contribution in [0, 0.1) is 6.92 Å². The van der Waals surface area contributed by atoms with E-state index in [1.54, 1.807) is 24.3 Å². The van der Waals surface area contributed by atoms with Crippen molar-refractivity contribution in [3.8, 4) is 5.75 Å². The second-order valence-electron chi connectivity index (χ2n) is 9.93. The number of hydrogen-bond donors (Lipinski definition) is 1. The van der Waals surface area contributed by atoms with Crippen LogP contribution >= 0.6 is 34.7 Å². The number of aliphatic hydroxyl groups excluding tert-OH is 1. The number of carbonyl (C=O) groups is 2. The Hall–Kier alpha value is -3.66. The lowest BCUT2D eigenvalue weighted by atomic mass is 9.95. The number of halogens is 1. The second kappa shape index (κ2) is 13.5. The molecule has 1 unspecified atom stereocenters. The number of benzene rings is 3. The van der Waals surface area contributed by atoms with Crippen molar-refractivity contribution in [2.24, 2.45) is 0 Å². The zero-order chi connectivity index (χ0) is 29.6. The van der Waals surface area contributed by atoms with Gasteiger partial charge >= 0.3 is 5.91 Å². The number of aliphatic hydroxyl groups is 1. The maximum atomic E-state index is 13.5. The summed E-state index contributed by atoms with van der Waals surface area (Å²) in [5.41, 5.74) is 3.32. The summed E-state index contributed by atoms with van der Waals surface area (Å²) in [5, 5.41) is 20.7. The number of ether oxygens (including phenoxy) is 1. The molecular formula is C32H30ClN3O4S2. The lowest BCUT2D eigenvalue weighted by Gasteiger charge is -2.22. The summed E-state index contributed by atoms with van der Waals surface area (Å²) >= 11 is 8.79. The van der Waals surface area contributed by atoms with Crippen LogP contribution in [0.5, 0.6) is 5.75 Å². The molecule has 5 rings (SSSR count). The molecule has 1 aliphatic heterocycles. The van der Waals surface area contributed by atoms with Crippen molar-refractivity contribution in [2.75, 3.05) is 11.5 Å². The van der Waals surface area contributed by atoms with E-state index in [9.17, 15) is 14.7 Å². The highest BCUT2D eigenvalue weighted by molar-refractivity contribution is 8.00. The van der Waals surface area contributed by atoms with Crippen LogP contribution in [0.25, 0.3) is 5.76 Å². The molecular weight excluding hydrogens is 590 g/mol. The van der Waals surface area contributed by atoms with Gasteiger partial charge < -0.3 is 9.84 Å². The van der Waals surface area contributed by atoms with E-state index in [0.717, 1.165) is 24.8 Å². The Kier molecular flexibility index (Phi) is 9.62. The number of unbranched alkanes of at least 4 members (excludes halogenated alkanes) is 2. The van der Waals surface area contributed by atoms with Crippen molar-refractivity contribution in [1.82, 2.24) is 10.2 Å². The highest BCUT2D eigenvalue weighted by Crippen LogP contribution is 2.44. The number of aryl methyl sites for hydroxylation is 1. The molecule has 0 aliphatic carbocycles. The van der Waals surface area contributed by atoms with Gasteiger partial charge in [-0.3, -0.25) is 14.5 Å². The molecule has 10 heteroatoms. The predicted octanol–water partition coefficient (Wildman–Crippen LogP) is 7.99. The van der Waals surface area contributed by atoms with Crippen LogP contribution in [0.2, 0.25) is 5.02 Å². The Morgan fingerprint density at radius 2 is 1.71 bits per heavy atom. The third-order valence-corrected chi connectivity index (χ3v) is 9.24. The number of Topliss-reactive ketones (excluding diaryl/α,β-unsaturated/α-hetero) is 1. The van der Waals surface area contributed by atoms with Gasteiger partial charge in [0.1, 0.15) is 11.5 Å². The van der Waals surface area contributed by atoms with Crippen molar-refractivity contribution in [1.29, 1.82) is 0 Å². The largest absolute Gasteiger partial charge is 0.507 e. The van der Waals surface area contributed by atoms with E-state index in [2.05, 4.69) is 41.4 Å². The minimum atomic E-state index is -0.905. The quantitative estimate of drug-likeness (QED) is 0.0454. The van der Waals surface area contributed by atoms with E-state index < -0.39 is 17.7 Å². The van der Waals surface area contributed by atoms with Crippen molar-refractivity contribution in [3.05, 3.63) is 106 Å². The molecule has 4 aromatic rings. The van der Waals surface area contributed by atoms with E-state index in [4.69, 9.17) is 16.3 Å². The molecule has 2 heterocycles. The molecule has 1 amide bonds. The average molecular weight is 620 g/mol. The first kappa shape index (κ1) is 29.8. The molecule has 0 bridgehead atoms. The van der Waals surface area contributed by atoms with Gasteiger partial charge in [0.2, 0.25) is 5.13 Å². The fraction of sp³-hybridized carbons (Fsp3) is 0.250. The van der Waals surface area contributed by atoms with Gasteiger partial charge in [0.15, 0.2) is 4.34 Å². The van der Waals surface area contributed by atoms with Crippen LogP contribution in [0.15, 0.2) is 82.7 Å². The van der Waals surface area contributed by atoms with Crippen molar-refractivity contribution in [3.63, 3.8) is 0 Å². The summed E-state index contributed by atoms with van der Waals surface area (Å²) < 4.78 is 6.53. The maximum Gasteiger partial charge on any atom is 0.301 e. The summed E-state index contributed by atoms with van der Waals surface area (Å²) in [6.07, 6.45) is 3.15. The Bertz CT molecular complexity index is 1590. The summed E-state index contributed by atoms with van der Waals surface area (Å²) in [4.78, 5) is 28.3. The van der Waals surface area contributed by atoms with Crippen LogP contribution in [0.3, 0.4) is 0 Å². The highest BCUT2D eigenvalue weighted by Gasteiger charge is 2.48. The standard InChI is InChI=1S/C32H30ClN3O4S2/c1-3-4-5-18-40-25-16-12-22(13-17-25)27-26(28(37)23-10-14-24(33)15-11-23)29(38)30(39)36(27)31-34-35-32(42-31)41-19-21-8-6-20(2)7-9-21/h6-17,27,37H,3-5,18-19H2,1-2H3/b28-26-. The number of rotatable bonds is 11. The molecule has 1 saturated heterocycles. The number of hydrogen-bond acceptors (Lipinski definition) is 8. The molecule has 1 atom stereocenters. The monoisotopic (exact) mass is 619 g/mol. The SMILES string of the molecule is CCCCCOc1ccc(C2/C(=C(/O)c3ccc(Cl)cc3)C(=O)C(=O)N2c2nnc(SCc3ccc(C)cc3)s2)cc1. The van der Waals surface area contributed by atoms with Crippen LogP contribution in [-0.2, 0) is 15.3 Å². The molecule has 0 saturated carbocycles. The Balaban J connectivity index is 1.48. The van der Waals surface area contributed by atoms with Gasteiger partial charge in [0.05, 0.1) is 18.2 Å². The fourth-order valence-electron chi connectivity index (χ4n) is 4.58. The smallest absolute Gasteiger partial charge is 0.301 e. The number of thioether (sulfide) groups is 1. The third kappa shape index (κ3) is 6.69. The van der Waals surface area contributed by atoms with Gasteiger partial charge in [-0.1, -0.05) is 96.4 Å². The number of nitrogens with zero attached hydrogens (tertiary/aromatic N) is 3. The summed E-state index contributed by atoms with van der Waals surface area (Å²) in [6, 6.07) is 21.0. The molecule has 216 valence electrons. The molecule has 1 aliphatic rings. The lowest BCUT2D eigenvalue weighted by Crippen LogP contribution is -2.29. The number of amides is 1. The Morgan fingerprint density at radius 1 is 1.00 bits per heavy atom. The number of carbonyl (C=O) groups excluding carboxylic acids is 2. The van der Waals surface area contributed by atoms with Crippen LogP contribution in [-0.4, -0.2) is 33.6 Å². The molecule has 1 N–H and O–H groups in total. The predicted molar refractivity (Wildman–Crippen MR) is 168 cm³/mol. The van der Waals surface area contributed by atoms with Crippen molar-refractivity contribution >= 4 is 57.3 Å². The molecule has 1 fully saturated rings. The van der Waals surface area contributed by atoms with E-state index in [1.807, 2.05) is 31.2 Å². The maximum absolute atomic E-state index is 13.5. The summed E-state index contributed by atoms with van der Waals surface area (Å²) in [7, 11) is 0. The van der Waals surface area contributed by atoms with Crippen molar-refractivity contribution in [2.45, 2.75) is 49.2 Å². The highest BCUT2D eigenvalue weighted by atomic mass is 35.5. The minimum Gasteiger partial charge on any atom is -0.507 e.